The lowest BCUT2D eigenvalue weighted by Crippen LogP contribution is -2.38. The van der Waals surface area contributed by atoms with Crippen molar-refractivity contribution in [2.24, 2.45) is 5.92 Å². The Labute approximate surface area is 184 Å². The maximum atomic E-state index is 13.2. The average molecular weight is 443 g/mol. The minimum Gasteiger partial charge on any atom is -0.496 e. The van der Waals surface area contributed by atoms with Gasteiger partial charge in [0, 0.05) is 19.1 Å². The molecule has 0 bridgehead atoms. The first-order valence-electron chi connectivity index (χ1n) is 11.0. The van der Waals surface area contributed by atoms with Crippen LogP contribution in [-0.4, -0.2) is 39.4 Å². The number of benzene rings is 2. The van der Waals surface area contributed by atoms with Crippen LogP contribution in [0.4, 0.5) is 0 Å². The fourth-order valence-corrected chi connectivity index (χ4v) is 5.81. The largest absolute Gasteiger partial charge is 0.496 e. The van der Waals surface area contributed by atoms with Crippen molar-refractivity contribution in [1.82, 2.24) is 9.62 Å². The molecule has 1 atom stereocenters. The van der Waals surface area contributed by atoms with Crippen LogP contribution in [0, 0.1) is 5.92 Å². The maximum Gasteiger partial charge on any atom is 0.257 e. The number of hydrogen-bond donors (Lipinski definition) is 1. The van der Waals surface area contributed by atoms with Gasteiger partial charge in [-0.3, -0.25) is 4.79 Å². The normalized spacial score (nSPS) is 19.7. The first-order valence-corrected chi connectivity index (χ1v) is 12.4. The Balaban J connectivity index is 1.61. The summed E-state index contributed by atoms with van der Waals surface area (Å²) >= 11 is 0. The number of ether oxygens (including phenoxy) is 1. The second kappa shape index (κ2) is 9.01. The summed E-state index contributed by atoms with van der Waals surface area (Å²) in [6.45, 7) is 3.54. The van der Waals surface area contributed by atoms with Crippen molar-refractivity contribution in [1.29, 1.82) is 0 Å². The zero-order chi connectivity index (χ0) is 22.0. The molecule has 0 radical (unpaired) electrons. The Kier molecular flexibility index (Phi) is 6.34. The molecule has 1 unspecified atom stereocenters. The van der Waals surface area contributed by atoms with E-state index in [1.807, 2.05) is 18.2 Å². The molecule has 0 saturated carbocycles. The van der Waals surface area contributed by atoms with Gasteiger partial charge >= 0.3 is 0 Å². The van der Waals surface area contributed by atoms with Crippen molar-refractivity contribution in [3.8, 4) is 5.75 Å². The third-order valence-electron chi connectivity index (χ3n) is 6.45. The van der Waals surface area contributed by atoms with Crippen LogP contribution >= 0.6 is 0 Å². The van der Waals surface area contributed by atoms with E-state index in [1.165, 1.54) is 24.8 Å². The van der Waals surface area contributed by atoms with Crippen LogP contribution in [0.25, 0.3) is 0 Å². The number of carbonyl (C=O) groups excluding carboxylic acids is 1. The van der Waals surface area contributed by atoms with E-state index >= 15 is 0 Å². The highest BCUT2D eigenvalue weighted by Crippen LogP contribution is 2.32. The van der Waals surface area contributed by atoms with Crippen molar-refractivity contribution < 1.29 is 17.9 Å². The van der Waals surface area contributed by atoms with Gasteiger partial charge in [0.2, 0.25) is 10.0 Å². The number of sulfonamides is 1. The van der Waals surface area contributed by atoms with Crippen LogP contribution in [-0.2, 0) is 16.4 Å². The van der Waals surface area contributed by atoms with Gasteiger partial charge in [-0.25, -0.2) is 13.1 Å². The van der Waals surface area contributed by atoms with Gasteiger partial charge in [0.15, 0.2) is 0 Å². The Hall–Kier alpha value is -2.38. The lowest BCUT2D eigenvalue weighted by Gasteiger charge is -2.31. The Morgan fingerprint density at radius 1 is 1.10 bits per heavy atom. The molecule has 1 aliphatic heterocycles. The number of nitrogens with zero attached hydrogens (tertiary/aromatic N) is 1. The molecule has 0 aromatic heterocycles. The second-order valence-electron chi connectivity index (χ2n) is 8.60. The minimum atomic E-state index is -3.80. The van der Waals surface area contributed by atoms with Gasteiger partial charge in [0.25, 0.3) is 5.91 Å². The van der Waals surface area contributed by atoms with Crippen LogP contribution in [0.15, 0.2) is 47.4 Å². The number of fused-ring (bicyclic) bond motifs is 1. The summed E-state index contributed by atoms with van der Waals surface area (Å²) in [7, 11) is -2.30. The molecule has 1 amide bonds. The number of methoxy groups -OCH3 is 1. The van der Waals surface area contributed by atoms with Gasteiger partial charge in [-0.1, -0.05) is 31.2 Å². The maximum absolute atomic E-state index is 13.2. The van der Waals surface area contributed by atoms with Crippen molar-refractivity contribution in [2.45, 2.75) is 50.0 Å². The lowest BCUT2D eigenvalue weighted by molar-refractivity contribution is 0.0693. The smallest absolute Gasteiger partial charge is 0.257 e. The van der Waals surface area contributed by atoms with E-state index in [9.17, 15) is 13.2 Å². The van der Waals surface area contributed by atoms with Gasteiger partial charge in [0.1, 0.15) is 5.75 Å². The summed E-state index contributed by atoms with van der Waals surface area (Å²) in [5.74, 6) is 0.814. The molecule has 6 nitrogen and oxygen atoms in total. The van der Waals surface area contributed by atoms with E-state index in [0.717, 1.165) is 37.7 Å². The molecule has 1 fully saturated rings. The SMILES string of the molecule is COc1ccc(S(=O)(=O)NC2CCCc3ccccc32)cc1C(=O)N1CCC(C)CC1. The van der Waals surface area contributed by atoms with Gasteiger partial charge < -0.3 is 9.64 Å². The van der Waals surface area contributed by atoms with Crippen molar-refractivity contribution in [3.63, 3.8) is 0 Å². The minimum absolute atomic E-state index is 0.0880. The highest BCUT2D eigenvalue weighted by Gasteiger charge is 2.28. The monoisotopic (exact) mass is 442 g/mol. The zero-order valence-electron chi connectivity index (χ0n) is 18.1. The molecule has 0 spiro atoms. The fraction of sp³-hybridized carbons (Fsp3) is 0.458. The van der Waals surface area contributed by atoms with Crippen LogP contribution < -0.4 is 9.46 Å². The lowest BCUT2D eigenvalue weighted by atomic mass is 9.88. The molecule has 1 aliphatic carbocycles. The molecule has 2 aromatic rings. The summed E-state index contributed by atoms with van der Waals surface area (Å²) in [4.78, 5) is 15.0. The number of piperidine rings is 1. The van der Waals surface area contributed by atoms with E-state index in [0.29, 0.717) is 30.3 Å². The highest BCUT2D eigenvalue weighted by atomic mass is 32.2. The van der Waals surface area contributed by atoms with Crippen LogP contribution in [0.3, 0.4) is 0 Å². The Bertz CT molecular complexity index is 1060. The van der Waals surface area contributed by atoms with E-state index in [4.69, 9.17) is 4.74 Å². The number of amides is 1. The van der Waals surface area contributed by atoms with Crippen LogP contribution in [0.1, 0.15) is 60.1 Å². The standard InChI is InChI=1S/C24H30N2O4S/c1-17-12-14-26(15-13-17)24(27)21-16-19(10-11-23(21)30-2)31(28,29)25-22-9-5-7-18-6-3-4-8-20(18)22/h3-4,6,8,10-11,16-17,22,25H,5,7,9,12-15H2,1-2H3. The van der Waals surface area contributed by atoms with E-state index in [2.05, 4.69) is 17.7 Å². The third-order valence-corrected chi connectivity index (χ3v) is 7.92. The van der Waals surface area contributed by atoms with Gasteiger partial charge in [-0.15, -0.1) is 0 Å². The number of likely N-dealkylation sites (tertiary alicyclic amines) is 1. The summed E-state index contributed by atoms with van der Waals surface area (Å²) in [6.07, 6.45) is 4.56. The number of aryl methyl sites for hydroxylation is 1. The average Bonchev–Trinajstić information content (AvgIpc) is 2.78. The Morgan fingerprint density at radius 2 is 1.84 bits per heavy atom. The molecule has 166 valence electrons. The van der Waals surface area contributed by atoms with Crippen molar-refractivity contribution >= 4 is 15.9 Å². The molecule has 7 heteroatoms. The summed E-state index contributed by atoms with van der Waals surface area (Å²) in [5, 5.41) is 0. The van der Waals surface area contributed by atoms with E-state index in [-0.39, 0.29) is 16.8 Å². The summed E-state index contributed by atoms with van der Waals surface area (Å²) in [5.41, 5.74) is 2.51. The predicted molar refractivity (Wildman–Crippen MR) is 120 cm³/mol. The third kappa shape index (κ3) is 4.62. The molecule has 1 N–H and O–H groups in total. The quantitative estimate of drug-likeness (QED) is 0.761. The number of nitrogens with one attached hydrogen (secondary N) is 1. The number of rotatable bonds is 5. The Morgan fingerprint density at radius 3 is 2.58 bits per heavy atom. The first-order chi connectivity index (χ1) is 14.9. The second-order valence-corrected chi connectivity index (χ2v) is 10.3. The summed E-state index contributed by atoms with van der Waals surface area (Å²) < 4.78 is 34.7. The molecular weight excluding hydrogens is 412 g/mol. The number of hydrogen-bond acceptors (Lipinski definition) is 4. The van der Waals surface area contributed by atoms with Crippen molar-refractivity contribution in [3.05, 3.63) is 59.2 Å². The first kappa shape index (κ1) is 21.8. The predicted octanol–water partition coefficient (Wildman–Crippen LogP) is 3.92. The van der Waals surface area contributed by atoms with Crippen LogP contribution in [0.2, 0.25) is 0 Å². The molecular formula is C24H30N2O4S. The van der Waals surface area contributed by atoms with Gasteiger partial charge in [-0.2, -0.15) is 0 Å². The molecule has 1 heterocycles. The zero-order valence-corrected chi connectivity index (χ0v) is 19.0. The molecule has 4 rings (SSSR count). The van der Waals surface area contributed by atoms with Crippen LogP contribution in [0.5, 0.6) is 5.75 Å². The number of carbonyl (C=O) groups is 1. The highest BCUT2D eigenvalue weighted by molar-refractivity contribution is 7.89. The van der Waals surface area contributed by atoms with Gasteiger partial charge in [0.05, 0.1) is 17.6 Å². The fourth-order valence-electron chi connectivity index (χ4n) is 4.54. The summed E-state index contributed by atoms with van der Waals surface area (Å²) in [6, 6.07) is 12.2. The molecule has 31 heavy (non-hydrogen) atoms. The van der Waals surface area contributed by atoms with Crippen molar-refractivity contribution in [2.75, 3.05) is 20.2 Å². The molecule has 1 saturated heterocycles. The van der Waals surface area contributed by atoms with Gasteiger partial charge in [-0.05, 0) is 67.3 Å². The molecule has 2 aliphatic rings. The molecule has 2 aromatic carbocycles. The van der Waals surface area contributed by atoms with E-state index in [1.54, 1.807) is 11.0 Å². The topological polar surface area (TPSA) is 75.7 Å². The van der Waals surface area contributed by atoms with E-state index < -0.39 is 10.0 Å².